The summed E-state index contributed by atoms with van der Waals surface area (Å²) < 4.78 is 15.0. The number of hydrogen-bond donors (Lipinski definition) is 1. The number of aryl methyl sites for hydroxylation is 3. The van der Waals surface area contributed by atoms with Crippen LogP contribution in [0.3, 0.4) is 0 Å². The third kappa shape index (κ3) is 4.69. The van der Waals surface area contributed by atoms with E-state index in [1.165, 1.54) is 16.8 Å². The third-order valence-corrected chi connectivity index (χ3v) is 4.02. The van der Waals surface area contributed by atoms with Crippen LogP contribution in [0.15, 0.2) is 30.3 Å². The minimum absolute atomic E-state index is 0.183. The number of rotatable bonds is 6. The Morgan fingerprint density at radius 3 is 2.56 bits per heavy atom. The van der Waals surface area contributed by atoms with Crippen LogP contribution in [0.2, 0.25) is 0 Å². The van der Waals surface area contributed by atoms with Gasteiger partial charge in [0.15, 0.2) is 0 Å². The molecule has 0 spiro atoms. The van der Waals surface area contributed by atoms with Gasteiger partial charge in [-0.1, -0.05) is 12.1 Å². The summed E-state index contributed by atoms with van der Waals surface area (Å²) in [4.78, 5) is 21.5. The van der Waals surface area contributed by atoms with Crippen LogP contribution in [-0.4, -0.2) is 36.1 Å². The van der Waals surface area contributed by atoms with E-state index in [9.17, 15) is 9.18 Å². The monoisotopic (exact) mass is 369 g/mol. The number of amides is 1. The molecule has 0 fully saturated rings. The summed E-state index contributed by atoms with van der Waals surface area (Å²) in [5, 5.41) is 14.2. The zero-order chi connectivity index (χ0) is 19.4. The summed E-state index contributed by atoms with van der Waals surface area (Å²) in [5.41, 5.74) is 2.34. The molecule has 140 valence electrons. The predicted molar refractivity (Wildman–Crippen MR) is 95.0 cm³/mol. The molecule has 0 bridgehead atoms. The number of hydrogen-bond acceptors (Lipinski definition) is 6. The first-order valence-corrected chi connectivity index (χ1v) is 8.50. The third-order valence-electron chi connectivity index (χ3n) is 4.02. The molecule has 1 unspecified atom stereocenters. The number of carbonyl (C=O) groups excluding carboxylic acids is 1. The Balaban J connectivity index is 1.79. The van der Waals surface area contributed by atoms with Gasteiger partial charge in [-0.3, -0.25) is 4.79 Å². The molecule has 0 saturated carbocycles. The van der Waals surface area contributed by atoms with E-state index in [0.29, 0.717) is 17.2 Å². The molecule has 1 aromatic carbocycles. The van der Waals surface area contributed by atoms with E-state index in [1.807, 2.05) is 19.9 Å². The molecule has 3 aromatic rings. The molecule has 0 aliphatic carbocycles. The van der Waals surface area contributed by atoms with Crippen LogP contribution in [0.5, 0.6) is 0 Å². The Labute approximate surface area is 155 Å². The van der Waals surface area contributed by atoms with Crippen molar-refractivity contribution in [1.82, 2.24) is 35.5 Å². The van der Waals surface area contributed by atoms with E-state index in [4.69, 9.17) is 0 Å². The summed E-state index contributed by atoms with van der Waals surface area (Å²) in [6, 6.07) is 7.27. The van der Waals surface area contributed by atoms with Crippen molar-refractivity contribution in [2.45, 2.75) is 39.8 Å². The number of halogens is 1. The van der Waals surface area contributed by atoms with E-state index in [2.05, 4.69) is 30.8 Å². The van der Waals surface area contributed by atoms with Crippen LogP contribution >= 0.6 is 0 Å². The average molecular weight is 369 g/mol. The minimum atomic E-state index is -0.715. The van der Waals surface area contributed by atoms with Crippen molar-refractivity contribution >= 4 is 5.91 Å². The first-order chi connectivity index (χ1) is 12.9. The van der Waals surface area contributed by atoms with Crippen molar-refractivity contribution in [3.63, 3.8) is 0 Å². The molecule has 8 nitrogen and oxygen atoms in total. The molecule has 3 rings (SSSR count). The van der Waals surface area contributed by atoms with E-state index in [0.717, 1.165) is 11.4 Å². The molecule has 9 heteroatoms. The first-order valence-electron chi connectivity index (χ1n) is 8.50. The maximum absolute atomic E-state index is 13.5. The van der Waals surface area contributed by atoms with Gasteiger partial charge in [-0.2, -0.15) is 0 Å². The highest BCUT2D eigenvalue weighted by atomic mass is 19.1. The zero-order valence-corrected chi connectivity index (χ0v) is 15.3. The van der Waals surface area contributed by atoms with Crippen LogP contribution in [0.4, 0.5) is 4.39 Å². The quantitative estimate of drug-likeness (QED) is 0.709. The molecular formula is C18H20FN7O. The maximum atomic E-state index is 13.5. The molecule has 1 amide bonds. The van der Waals surface area contributed by atoms with Gasteiger partial charge in [0.05, 0.1) is 6.54 Å². The molecule has 0 saturated heterocycles. The summed E-state index contributed by atoms with van der Waals surface area (Å²) in [7, 11) is 0. The van der Waals surface area contributed by atoms with Gasteiger partial charge in [-0.15, -0.1) is 5.10 Å². The lowest BCUT2D eigenvalue weighted by Crippen LogP contribution is -2.35. The second kappa shape index (κ2) is 7.98. The van der Waals surface area contributed by atoms with E-state index in [1.54, 1.807) is 19.1 Å². The zero-order valence-electron chi connectivity index (χ0n) is 15.3. The summed E-state index contributed by atoms with van der Waals surface area (Å²) in [6.45, 7) is 5.63. The molecule has 0 aliphatic heterocycles. The minimum Gasteiger partial charge on any atom is -0.347 e. The lowest BCUT2D eigenvalue weighted by Gasteiger charge is -2.17. The fourth-order valence-corrected chi connectivity index (χ4v) is 2.87. The van der Waals surface area contributed by atoms with Gasteiger partial charge in [0, 0.05) is 17.8 Å². The average Bonchev–Trinajstić information content (AvgIpc) is 3.02. The van der Waals surface area contributed by atoms with Crippen LogP contribution < -0.4 is 5.32 Å². The van der Waals surface area contributed by atoms with Crippen molar-refractivity contribution in [2.75, 3.05) is 0 Å². The topological polar surface area (TPSA) is 98.5 Å². The molecule has 1 atom stereocenters. The van der Waals surface area contributed by atoms with E-state index >= 15 is 0 Å². The SMILES string of the molecule is Cc1cc(C)nc(CNC(=O)C(Cc2cccc(F)c2)n2nnnc2C)n1. The Morgan fingerprint density at radius 2 is 1.93 bits per heavy atom. The van der Waals surface area contributed by atoms with Gasteiger partial charge in [-0.05, 0) is 55.0 Å². The Morgan fingerprint density at radius 1 is 1.19 bits per heavy atom. The van der Waals surface area contributed by atoms with Gasteiger partial charge < -0.3 is 5.32 Å². The maximum Gasteiger partial charge on any atom is 0.245 e. The molecular weight excluding hydrogens is 349 g/mol. The lowest BCUT2D eigenvalue weighted by molar-refractivity contribution is -0.124. The predicted octanol–water partition coefficient (Wildman–Crippen LogP) is 1.63. The van der Waals surface area contributed by atoms with Crippen molar-refractivity contribution in [1.29, 1.82) is 0 Å². The largest absolute Gasteiger partial charge is 0.347 e. The number of benzene rings is 1. The fourth-order valence-electron chi connectivity index (χ4n) is 2.87. The highest BCUT2D eigenvalue weighted by molar-refractivity contribution is 5.80. The second-order valence-corrected chi connectivity index (χ2v) is 6.31. The number of carbonyl (C=O) groups is 1. The highest BCUT2D eigenvalue weighted by Gasteiger charge is 2.24. The Hall–Kier alpha value is -3.23. The van der Waals surface area contributed by atoms with Gasteiger partial charge in [0.2, 0.25) is 5.91 Å². The number of nitrogens with zero attached hydrogens (tertiary/aromatic N) is 6. The van der Waals surface area contributed by atoms with E-state index in [-0.39, 0.29) is 24.7 Å². The molecule has 2 aromatic heterocycles. The van der Waals surface area contributed by atoms with Gasteiger partial charge >= 0.3 is 0 Å². The van der Waals surface area contributed by atoms with Crippen LogP contribution in [-0.2, 0) is 17.8 Å². The van der Waals surface area contributed by atoms with Crippen LogP contribution in [0.25, 0.3) is 0 Å². The molecule has 27 heavy (non-hydrogen) atoms. The van der Waals surface area contributed by atoms with E-state index < -0.39 is 6.04 Å². The Bertz CT molecular complexity index is 936. The number of tetrazole rings is 1. The molecule has 2 heterocycles. The normalized spacial score (nSPS) is 12.0. The smallest absolute Gasteiger partial charge is 0.245 e. The van der Waals surface area contributed by atoms with Gasteiger partial charge in [-0.25, -0.2) is 19.0 Å². The van der Waals surface area contributed by atoms with Crippen molar-refractivity contribution < 1.29 is 9.18 Å². The summed E-state index contributed by atoms with van der Waals surface area (Å²) >= 11 is 0. The van der Waals surface area contributed by atoms with Crippen molar-refractivity contribution in [2.24, 2.45) is 0 Å². The van der Waals surface area contributed by atoms with Crippen molar-refractivity contribution in [3.05, 3.63) is 64.7 Å². The second-order valence-electron chi connectivity index (χ2n) is 6.31. The summed E-state index contributed by atoms with van der Waals surface area (Å²) in [6.07, 6.45) is 0.253. The molecule has 1 N–H and O–H groups in total. The molecule has 0 radical (unpaired) electrons. The van der Waals surface area contributed by atoms with Crippen molar-refractivity contribution in [3.8, 4) is 0 Å². The lowest BCUT2D eigenvalue weighted by atomic mass is 10.1. The van der Waals surface area contributed by atoms with Crippen LogP contribution in [0, 0.1) is 26.6 Å². The highest BCUT2D eigenvalue weighted by Crippen LogP contribution is 2.16. The Kier molecular flexibility index (Phi) is 5.49. The standard InChI is InChI=1S/C18H20FN7O/c1-11-7-12(2)22-17(21-11)10-20-18(27)16(26-13(3)23-24-25-26)9-14-5-4-6-15(19)8-14/h4-8,16H,9-10H2,1-3H3,(H,20,27). The molecule has 0 aliphatic rings. The number of aromatic nitrogens is 6. The summed E-state index contributed by atoms with van der Waals surface area (Å²) in [5.74, 6) is 0.370. The van der Waals surface area contributed by atoms with Gasteiger partial charge in [0.25, 0.3) is 0 Å². The number of nitrogens with one attached hydrogen (secondary N) is 1. The fraction of sp³-hybridized carbons (Fsp3) is 0.333. The van der Waals surface area contributed by atoms with Crippen LogP contribution in [0.1, 0.15) is 34.6 Å². The first kappa shape index (κ1) is 18.6. The van der Waals surface area contributed by atoms with Gasteiger partial charge in [0.1, 0.15) is 23.5 Å².